The zero-order valence-electron chi connectivity index (χ0n) is 12.5. The molecule has 8 heteroatoms. The van der Waals surface area contributed by atoms with Crippen LogP contribution in [0.5, 0.6) is 0 Å². The van der Waals surface area contributed by atoms with Gasteiger partial charge in [-0.25, -0.2) is 5.84 Å². The molecule has 1 saturated heterocycles. The van der Waals surface area contributed by atoms with E-state index in [4.69, 9.17) is 26.9 Å². The number of benzene rings is 1. The van der Waals surface area contributed by atoms with Crippen LogP contribution in [0.25, 0.3) is 0 Å². The highest BCUT2D eigenvalue weighted by Crippen LogP contribution is 2.31. The summed E-state index contributed by atoms with van der Waals surface area (Å²) in [5.74, 6) is 3.73. The molecule has 0 saturated carbocycles. The van der Waals surface area contributed by atoms with Crippen LogP contribution in [-0.4, -0.2) is 42.3 Å². The van der Waals surface area contributed by atoms with Crippen LogP contribution in [0.3, 0.4) is 0 Å². The molecule has 0 bridgehead atoms. The first-order valence-corrected chi connectivity index (χ1v) is 7.76. The Kier molecular flexibility index (Phi) is 4.54. The van der Waals surface area contributed by atoms with E-state index in [0.29, 0.717) is 36.8 Å². The predicted octanol–water partition coefficient (Wildman–Crippen LogP) is 0.809. The largest absolute Gasteiger partial charge is 0.346 e. The van der Waals surface area contributed by atoms with E-state index in [1.165, 1.54) is 0 Å². The van der Waals surface area contributed by atoms with Gasteiger partial charge in [0, 0.05) is 30.0 Å². The number of nitrogens with zero attached hydrogens (tertiary/aromatic N) is 1. The van der Waals surface area contributed by atoms with E-state index in [-0.39, 0.29) is 24.8 Å². The molecule has 0 radical (unpaired) electrons. The summed E-state index contributed by atoms with van der Waals surface area (Å²) in [6.07, 6.45) is 0.494. The number of fused-ring (bicyclic) bond motifs is 1. The third-order valence-corrected chi connectivity index (χ3v) is 4.33. The molecular weight excluding hydrogens is 322 g/mol. The molecule has 2 aliphatic rings. The second-order valence-electron chi connectivity index (χ2n) is 5.64. The van der Waals surface area contributed by atoms with Gasteiger partial charge in [-0.2, -0.15) is 0 Å². The molecular formula is C15H18ClN3O4. The number of hydrogen-bond donors (Lipinski definition) is 2. The Morgan fingerprint density at radius 1 is 1.39 bits per heavy atom. The van der Waals surface area contributed by atoms with Crippen LogP contribution in [0.1, 0.15) is 28.8 Å². The minimum atomic E-state index is -0.964. The molecule has 1 aromatic carbocycles. The molecule has 3 N–H and O–H groups in total. The van der Waals surface area contributed by atoms with E-state index in [1.54, 1.807) is 17.0 Å². The van der Waals surface area contributed by atoms with Gasteiger partial charge in [0.05, 0.1) is 19.8 Å². The molecule has 2 aliphatic heterocycles. The Labute approximate surface area is 138 Å². The molecule has 3 rings (SSSR count). The van der Waals surface area contributed by atoms with Crippen molar-refractivity contribution >= 4 is 23.4 Å². The van der Waals surface area contributed by atoms with E-state index < -0.39 is 5.79 Å². The molecule has 0 atom stereocenters. The minimum Gasteiger partial charge on any atom is -0.346 e. The Morgan fingerprint density at radius 3 is 2.83 bits per heavy atom. The van der Waals surface area contributed by atoms with Gasteiger partial charge in [0.15, 0.2) is 5.79 Å². The van der Waals surface area contributed by atoms with Crippen molar-refractivity contribution in [1.82, 2.24) is 10.3 Å². The minimum absolute atomic E-state index is 0.107. The summed E-state index contributed by atoms with van der Waals surface area (Å²) in [5, 5.41) is 0.529. The lowest BCUT2D eigenvalue weighted by Gasteiger charge is -2.31. The molecule has 0 unspecified atom stereocenters. The fraction of sp³-hybridized carbons (Fsp3) is 0.467. The Balaban J connectivity index is 1.72. The Hall–Kier alpha value is -1.67. The zero-order chi connectivity index (χ0) is 16.4. The Morgan fingerprint density at radius 2 is 2.13 bits per heavy atom. The van der Waals surface area contributed by atoms with Gasteiger partial charge in [-0.1, -0.05) is 17.7 Å². The molecule has 2 heterocycles. The van der Waals surface area contributed by atoms with Crippen molar-refractivity contribution in [2.24, 2.45) is 5.84 Å². The van der Waals surface area contributed by atoms with Crippen LogP contribution in [0.2, 0.25) is 5.02 Å². The second-order valence-corrected chi connectivity index (χ2v) is 6.07. The topological polar surface area (TPSA) is 93.9 Å². The van der Waals surface area contributed by atoms with E-state index in [2.05, 4.69) is 5.43 Å². The van der Waals surface area contributed by atoms with Gasteiger partial charge in [-0.15, -0.1) is 0 Å². The van der Waals surface area contributed by atoms with Gasteiger partial charge >= 0.3 is 0 Å². The summed E-state index contributed by atoms with van der Waals surface area (Å²) in [7, 11) is 0. The molecule has 0 aromatic heterocycles. The van der Waals surface area contributed by atoms with E-state index in [0.717, 1.165) is 5.56 Å². The fourth-order valence-electron chi connectivity index (χ4n) is 2.94. The first kappa shape index (κ1) is 16.2. The average Bonchev–Trinajstić information content (AvgIpc) is 3.12. The highest BCUT2D eigenvalue weighted by atomic mass is 35.5. The number of carbonyl (C=O) groups is 2. The van der Waals surface area contributed by atoms with Gasteiger partial charge < -0.3 is 14.4 Å². The van der Waals surface area contributed by atoms with Crippen molar-refractivity contribution in [3.8, 4) is 0 Å². The summed E-state index contributed by atoms with van der Waals surface area (Å²) in [5.41, 5.74) is 3.61. The van der Waals surface area contributed by atoms with Crippen LogP contribution in [0, 0.1) is 0 Å². The molecule has 2 amide bonds. The van der Waals surface area contributed by atoms with E-state index in [9.17, 15) is 9.59 Å². The maximum atomic E-state index is 12.5. The molecule has 1 fully saturated rings. The summed E-state index contributed by atoms with van der Waals surface area (Å²) >= 11 is 5.96. The first-order chi connectivity index (χ1) is 11.0. The van der Waals surface area contributed by atoms with Gasteiger partial charge in [0.1, 0.15) is 0 Å². The maximum Gasteiger partial charge on any atom is 0.254 e. The maximum absolute atomic E-state index is 12.5. The van der Waals surface area contributed by atoms with Crippen LogP contribution < -0.4 is 11.3 Å². The summed E-state index contributed by atoms with van der Waals surface area (Å²) < 4.78 is 11.4. The van der Waals surface area contributed by atoms with Crippen molar-refractivity contribution in [3.05, 3.63) is 34.3 Å². The lowest BCUT2D eigenvalue weighted by molar-refractivity contribution is -0.173. The van der Waals surface area contributed by atoms with Crippen LogP contribution in [0.15, 0.2) is 18.2 Å². The first-order valence-electron chi connectivity index (χ1n) is 7.38. The zero-order valence-corrected chi connectivity index (χ0v) is 13.3. The van der Waals surface area contributed by atoms with Gasteiger partial charge in [-0.3, -0.25) is 15.0 Å². The lowest BCUT2D eigenvalue weighted by atomic mass is 10.1. The average molecular weight is 340 g/mol. The number of halogens is 1. The second kappa shape index (κ2) is 6.45. The summed E-state index contributed by atoms with van der Waals surface area (Å²) in [6.45, 7) is 1.61. The molecule has 7 nitrogen and oxygen atoms in total. The summed E-state index contributed by atoms with van der Waals surface area (Å²) in [6, 6.07) is 5.28. The molecule has 0 spiro atoms. The van der Waals surface area contributed by atoms with Gasteiger partial charge in [-0.05, 0) is 17.7 Å². The van der Waals surface area contributed by atoms with Crippen LogP contribution >= 0.6 is 11.6 Å². The number of rotatable bonds is 5. The standard InChI is InChI=1S/C15H18ClN3O4/c16-11-2-1-10-8-19(14(21)12(10)7-11)9-15(22-5-6-23-15)4-3-13(20)18-17/h1-2,7H,3-6,8-9,17H2,(H,18,20). The van der Waals surface area contributed by atoms with Gasteiger partial charge in [0.25, 0.3) is 5.91 Å². The quantitative estimate of drug-likeness (QED) is 0.470. The van der Waals surface area contributed by atoms with E-state index in [1.807, 2.05) is 6.07 Å². The Bertz CT molecular complexity index is 631. The number of carbonyl (C=O) groups excluding carboxylic acids is 2. The third-order valence-electron chi connectivity index (χ3n) is 4.09. The lowest BCUT2D eigenvalue weighted by Crippen LogP contribution is -2.45. The smallest absolute Gasteiger partial charge is 0.254 e. The van der Waals surface area contributed by atoms with Gasteiger partial charge in [0.2, 0.25) is 5.91 Å². The fourth-order valence-corrected chi connectivity index (χ4v) is 3.11. The van der Waals surface area contributed by atoms with E-state index >= 15 is 0 Å². The number of amides is 2. The van der Waals surface area contributed by atoms with Crippen molar-refractivity contribution < 1.29 is 19.1 Å². The predicted molar refractivity (Wildman–Crippen MR) is 82.4 cm³/mol. The normalized spacial score (nSPS) is 19.0. The molecule has 23 heavy (non-hydrogen) atoms. The number of ether oxygens (including phenoxy) is 2. The van der Waals surface area contributed by atoms with Crippen molar-refractivity contribution in [2.75, 3.05) is 19.8 Å². The number of nitrogens with two attached hydrogens (primary N) is 1. The van der Waals surface area contributed by atoms with Crippen molar-refractivity contribution in [1.29, 1.82) is 0 Å². The van der Waals surface area contributed by atoms with Crippen LogP contribution in [-0.2, 0) is 20.8 Å². The highest BCUT2D eigenvalue weighted by molar-refractivity contribution is 6.31. The summed E-state index contributed by atoms with van der Waals surface area (Å²) in [4.78, 5) is 25.6. The SMILES string of the molecule is NNC(=O)CCC1(CN2Cc3ccc(Cl)cc3C2=O)OCCO1. The number of nitrogens with one attached hydrogen (secondary N) is 1. The van der Waals surface area contributed by atoms with Crippen LogP contribution in [0.4, 0.5) is 0 Å². The molecule has 124 valence electrons. The van der Waals surface area contributed by atoms with Crippen molar-refractivity contribution in [3.63, 3.8) is 0 Å². The van der Waals surface area contributed by atoms with Crippen molar-refractivity contribution in [2.45, 2.75) is 25.2 Å². The highest BCUT2D eigenvalue weighted by Gasteiger charge is 2.41. The number of hydrogen-bond acceptors (Lipinski definition) is 5. The monoisotopic (exact) mass is 339 g/mol. The third kappa shape index (κ3) is 3.32. The molecule has 1 aromatic rings. The molecule has 0 aliphatic carbocycles. The number of hydrazine groups is 1.